The molecule has 166 valence electrons. The van der Waals surface area contributed by atoms with E-state index in [-0.39, 0.29) is 30.8 Å². The minimum absolute atomic E-state index is 0.199. The maximum Gasteiger partial charge on any atom is 0.271 e. The number of nitrogens with one attached hydrogen (secondary N) is 2. The number of aromatic nitrogens is 3. The fourth-order valence-corrected chi connectivity index (χ4v) is 4.05. The third-order valence-corrected chi connectivity index (χ3v) is 6.13. The van der Waals surface area contributed by atoms with Crippen molar-refractivity contribution in [2.45, 2.75) is 44.8 Å². The van der Waals surface area contributed by atoms with E-state index < -0.39 is 23.9 Å². The standard InChI is InChI=1S/C19H25N7O4S/c1-10-15(31-24-23-10)18(29)22-12-6-8-26(19(30)13-5-4-7-25(13)3)14(9-12)17(28)21-11(2)16(20)27/h4-5,7,11-12,14H,6,8-9H2,1-3H3,(H2,20,27)(H,21,28)(H,22,29)/t11-,12+,14+/m1/s1. The van der Waals surface area contributed by atoms with E-state index >= 15 is 0 Å². The van der Waals surface area contributed by atoms with Gasteiger partial charge in [-0.25, -0.2) is 0 Å². The maximum atomic E-state index is 13.1. The van der Waals surface area contributed by atoms with Gasteiger partial charge < -0.3 is 25.8 Å². The number of hydrogen-bond donors (Lipinski definition) is 3. The van der Waals surface area contributed by atoms with Gasteiger partial charge in [-0.1, -0.05) is 4.49 Å². The van der Waals surface area contributed by atoms with Crippen LogP contribution >= 0.6 is 11.5 Å². The van der Waals surface area contributed by atoms with Crippen LogP contribution in [0.25, 0.3) is 0 Å². The molecule has 4 amide bonds. The zero-order valence-corrected chi connectivity index (χ0v) is 18.3. The van der Waals surface area contributed by atoms with Crippen molar-refractivity contribution in [3.8, 4) is 0 Å². The molecular formula is C19H25N7O4S. The van der Waals surface area contributed by atoms with E-state index in [1.54, 1.807) is 36.9 Å². The Morgan fingerprint density at radius 3 is 2.65 bits per heavy atom. The highest BCUT2D eigenvalue weighted by Crippen LogP contribution is 2.22. The fraction of sp³-hybridized carbons (Fsp3) is 0.474. The van der Waals surface area contributed by atoms with Crippen LogP contribution in [0.4, 0.5) is 0 Å². The summed E-state index contributed by atoms with van der Waals surface area (Å²) in [5, 5.41) is 9.30. The second-order valence-electron chi connectivity index (χ2n) is 7.53. The lowest BCUT2D eigenvalue weighted by Crippen LogP contribution is -2.59. The first-order valence-electron chi connectivity index (χ1n) is 9.80. The molecule has 1 aliphatic rings. The molecule has 2 aromatic rings. The maximum absolute atomic E-state index is 13.1. The van der Waals surface area contributed by atoms with Gasteiger partial charge in [-0.15, -0.1) is 5.10 Å². The van der Waals surface area contributed by atoms with Crippen LogP contribution in [0.5, 0.6) is 0 Å². The lowest BCUT2D eigenvalue weighted by molar-refractivity contribution is -0.131. The topological polar surface area (TPSA) is 152 Å². The predicted octanol–water partition coefficient (Wildman–Crippen LogP) is -0.422. The molecule has 11 nitrogen and oxygen atoms in total. The van der Waals surface area contributed by atoms with Crippen molar-refractivity contribution < 1.29 is 19.2 Å². The molecule has 3 rings (SSSR count). The Morgan fingerprint density at radius 1 is 1.32 bits per heavy atom. The van der Waals surface area contributed by atoms with Gasteiger partial charge in [0, 0.05) is 25.8 Å². The molecule has 0 saturated carbocycles. The van der Waals surface area contributed by atoms with Gasteiger partial charge in [0.05, 0.1) is 5.69 Å². The summed E-state index contributed by atoms with van der Waals surface area (Å²) >= 11 is 0.999. The van der Waals surface area contributed by atoms with E-state index in [9.17, 15) is 19.2 Å². The number of nitrogens with two attached hydrogens (primary N) is 1. The SMILES string of the molecule is Cc1nnsc1C(=O)N[C@H]1CCN(C(=O)c2cccn2C)[C@H](C(=O)N[C@H](C)C(N)=O)C1. The molecule has 12 heteroatoms. The van der Waals surface area contributed by atoms with E-state index in [1.807, 2.05) is 0 Å². The Kier molecular flexibility index (Phi) is 6.68. The number of nitrogens with zero attached hydrogens (tertiary/aromatic N) is 4. The average molecular weight is 448 g/mol. The minimum atomic E-state index is -0.889. The Hall–Kier alpha value is -3.28. The summed E-state index contributed by atoms with van der Waals surface area (Å²) in [5.74, 6) is -1.79. The highest BCUT2D eigenvalue weighted by Gasteiger charge is 2.38. The van der Waals surface area contributed by atoms with Gasteiger partial charge in [-0.3, -0.25) is 19.2 Å². The Bertz CT molecular complexity index is 1000. The molecule has 1 saturated heterocycles. The van der Waals surface area contributed by atoms with Crippen LogP contribution in [0.3, 0.4) is 0 Å². The fourth-order valence-electron chi connectivity index (χ4n) is 3.49. The van der Waals surface area contributed by atoms with E-state index in [0.29, 0.717) is 22.7 Å². The zero-order valence-electron chi connectivity index (χ0n) is 17.5. The number of hydrogen-bond acceptors (Lipinski definition) is 7. The highest BCUT2D eigenvalue weighted by atomic mass is 32.1. The Labute approximate surface area is 183 Å². The number of carbonyl (C=O) groups is 4. The number of piperidine rings is 1. The van der Waals surface area contributed by atoms with Crippen molar-refractivity contribution >= 4 is 35.2 Å². The Morgan fingerprint density at radius 2 is 2.06 bits per heavy atom. The number of aryl methyl sites for hydroxylation is 2. The number of amides is 4. The molecule has 0 bridgehead atoms. The first kappa shape index (κ1) is 22.4. The number of carbonyl (C=O) groups excluding carboxylic acids is 4. The molecule has 0 radical (unpaired) electrons. The van der Waals surface area contributed by atoms with Crippen molar-refractivity contribution in [1.29, 1.82) is 0 Å². The average Bonchev–Trinajstić information content (AvgIpc) is 3.35. The summed E-state index contributed by atoms with van der Waals surface area (Å²) < 4.78 is 5.45. The normalized spacial score (nSPS) is 19.5. The van der Waals surface area contributed by atoms with Gasteiger partial charge in [0.15, 0.2) is 0 Å². The van der Waals surface area contributed by atoms with Gasteiger partial charge in [0.25, 0.3) is 11.8 Å². The summed E-state index contributed by atoms with van der Waals surface area (Å²) in [6.45, 7) is 3.43. The van der Waals surface area contributed by atoms with E-state index in [0.717, 1.165) is 11.5 Å². The summed E-state index contributed by atoms with van der Waals surface area (Å²) in [5.41, 5.74) is 6.23. The minimum Gasteiger partial charge on any atom is -0.368 e. The first-order chi connectivity index (χ1) is 14.7. The summed E-state index contributed by atoms with van der Waals surface area (Å²) in [6.07, 6.45) is 2.42. The lowest BCUT2D eigenvalue weighted by atomic mass is 9.95. The van der Waals surface area contributed by atoms with Crippen molar-refractivity contribution in [3.63, 3.8) is 0 Å². The molecule has 4 N–H and O–H groups in total. The molecule has 3 atom stereocenters. The Balaban J connectivity index is 1.79. The zero-order chi connectivity index (χ0) is 22.7. The molecule has 0 unspecified atom stereocenters. The molecule has 1 fully saturated rings. The van der Waals surface area contributed by atoms with Crippen LogP contribution in [0.1, 0.15) is 45.6 Å². The molecule has 0 aromatic carbocycles. The highest BCUT2D eigenvalue weighted by molar-refractivity contribution is 7.08. The van der Waals surface area contributed by atoms with Crippen molar-refractivity contribution in [2.75, 3.05) is 6.54 Å². The largest absolute Gasteiger partial charge is 0.368 e. The third kappa shape index (κ3) is 4.90. The van der Waals surface area contributed by atoms with Crippen LogP contribution < -0.4 is 16.4 Å². The smallest absolute Gasteiger partial charge is 0.271 e. The van der Waals surface area contributed by atoms with E-state index in [4.69, 9.17) is 5.73 Å². The van der Waals surface area contributed by atoms with Crippen LogP contribution in [0.2, 0.25) is 0 Å². The number of rotatable bonds is 6. The van der Waals surface area contributed by atoms with Crippen molar-refractivity contribution in [3.05, 3.63) is 34.6 Å². The predicted molar refractivity (Wildman–Crippen MR) is 112 cm³/mol. The molecular weight excluding hydrogens is 422 g/mol. The molecule has 0 aliphatic carbocycles. The first-order valence-corrected chi connectivity index (χ1v) is 10.6. The number of likely N-dealkylation sites (tertiary alicyclic amines) is 1. The van der Waals surface area contributed by atoms with Gasteiger partial charge in [-0.05, 0) is 50.4 Å². The quantitative estimate of drug-likeness (QED) is 0.547. The van der Waals surface area contributed by atoms with Gasteiger partial charge in [0.1, 0.15) is 22.7 Å². The van der Waals surface area contributed by atoms with Crippen molar-refractivity contribution in [2.24, 2.45) is 12.8 Å². The van der Waals surface area contributed by atoms with Crippen LogP contribution in [-0.2, 0) is 16.6 Å². The van der Waals surface area contributed by atoms with Crippen LogP contribution in [-0.4, -0.2) is 67.4 Å². The van der Waals surface area contributed by atoms with Crippen LogP contribution in [0.15, 0.2) is 18.3 Å². The lowest BCUT2D eigenvalue weighted by Gasteiger charge is -2.39. The number of primary amides is 1. The van der Waals surface area contributed by atoms with Gasteiger partial charge >= 0.3 is 0 Å². The van der Waals surface area contributed by atoms with E-state index in [2.05, 4.69) is 20.2 Å². The monoisotopic (exact) mass is 447 g/mol. The molecule has 1 aliphatic heterocycles. The third-order valence-electron chi connectivity index (χ3n) is 5.31. The summed E-state index contributed by atoms with van der Waals surface area (Å²) in [6, 6.07) is 1.32. The van der Waals surface area contributed by atoms with Crippen molar-refractivity contribution in [1.82, 2.24) is 29.7 Å². The second kappa shape index (κ2) is 9.25. The summed E-state index contributed by atoms with van der Waals surface area (Å²) in [7, 11) is 1.75. The van der Waals surface area contributed by atoms with Crippen LogP contribution in [0, 0.1) is 6.92 Å². The second-order valence-corrected chi connectivity index (χ2v) is 8.29. The van der Waals surface area contributed by atoms with E-state index in [1.165, 1.54) is 11.8 Å². The summed E-state index contributed by atoms with van der Waals surface area (Å²) in [4.78, 5) is 51.9. The molecule has 3 heterocycles. The molecule has 2 aromatic heterocycles. The molecule has 31 heavy (non-hydrogen) atoms. The molecule has 0 spiro atoms. The van der Waals surface area contributed by atoms with Gasteiger partial charge in [-0.2, -0.15) is 0 Å². The van der Waals surface area contributed by atoms with Gasteiger partial charge in [0.2, 0.25) is 11.8 Å².